The van der Waals surface area contributed by atoms with E-state index in [1.54, 1.807) is 24.3 Å². The van der Waals surface area contributed by atoms with Crippen molar-refractivity contribution in [2.75, 3.05) is 0 Å². The van der Waals surface area contributed by atoms with Gasteiger partial charge in [0.05, 0.1) is 10.9 Å². The molecule has 0 unspecified atom stereocenters. The smallest absolute Gasteiger partial charge is 0.336 e. The van der Waals surface area contributed by atoms with Crippen LogP contribution < -0.4 is 5.43 Å². The van der Waals surface area contributed by atoms with Crippen LogP contribution in [0.3, 0.4) is 0 Å². The maximum absolute atomic E-state index is 12.5. The summed E-state index contributed by atoms with van der Waals surface area (Å²) in [6.45, 7) is 0. The lowest BCUT2D eigenvalue weighted by Crippen LogP contribution is -2.03. The minimum Gasteiger partial charge on any atom is -0.478 e. The second-order valence-corrected chi connectivity index (χ2v) is 5.49. The summed E-state index contributed by atoms with van der Waals surface area (Å²) in [4.78, 5) is 23.9. The van der Waals surface area contributed by atoms with Gasteiger partial charge in [0.15, 0.2) is 5.43 Å². The van der Waals surface area contributed by atoms with E-state index >= 15 is 0 Å². The van der Waals surface area contributed by atoms with Gasteiger partial charge in [-0.1, -0.05) is 48.5 Å². The van der Waals surface area contributed by atoms with E-state index < -0.39 is 5.97 Å². The number of carboxylic acids is 1. The number of hydrogen-bond acceptors (Lipinski definition) is 3. The quantitative estimate of drug-likeness (QED) is 0.559. The Morgan fingerprint density at radius 1 is 0.875 bits per heavy atom. The Balaban J connectivity index is 2.10. The summed E-state index contributed by atoms with van der Waals surface area (Å²) >= 11 is 0. The molecule has 0 fully saturated rings. The van der Waals surface area contributed by atoms with Crippen molar-refractivity contribution in [3.63, 3.8) is 0 Å². The Labute approximate surface area is 136 Å². The number of aromatic carboxylic acids is 1. The van der Waals surface area contributed by atoms with Crippen LogP contribution in [0, 0.1) is 0 Å². The van der Waals surface area contributed by atoms with Crippen LogP contribution in [0.5, 0.6) is 0 Å². The highest BCUT2D eigenvalue weighted by atomic mass is 16.4. The first-order valence-electron chi connectivity index (χ1n) is 7.43. The van der Waals surface area contributed by atoms with E-state index in [0.717, 1.165) is 10.8 Å². The summed E-state index contributed by atoms with van der Waals surface area (Å²) in [7, 11) is 0. The van der Waals surface area contributed by atoms with E-state index in [1.807, 2.05) is 30.3 Å². The second kappa shape index (κ2) is 5.35. The van der Waals surface area contributed by atoms with E-state index in [4.69, 9.17) is 4.42 Å². The third-order valence-electron chi connectivity index (χ3n) is 4.04. The predicted octanol–water partition coefficient (Wildman–Crippen LogP) is 4.31. The Morgan fingerprint density at radius 2 is 1.62 bits per heavy atom. The number of benzene rings is 3. The molecule has 4 nitrogen and oxygen atoms in total. The van der Waals surface area contributed by atoms with Gasteiger partial charge in [-0.2, -0.15) is 0 Å². The zero-order chi connectivity index (χ0) is 16.7. The van der Waals surface area contributed by atoms with Crippen molar-refractivity contribution in [2.45, 2.75) is 0 Å². The first-order chi connectivity index (χ1) is 11.6. The summed E-state index contributed by atoms with van der Waals surface area (Å²) in [5.74, 6) is -0.812. The fourth-order valence-corrected chi connectivity index (χ4v) is 2.90. The predicted molar refractivity (Wildman–Crippen MR) is 92.4 cm³/mol. The molecule has 3 aromatic carbocycles. The van der Waals surface area contributed by atoms with Crippen molar-refractivity contribution in [3.05, 3.63) is 82.5 Å². The molecule has 1 heterocycles. The van der Waals surface area contributed by atoms with Gasteiger partial charge in [0.25, 0.3) is 0 Å². The summed E-state index contributed by atoms with van der Waals surface area (Å²) < 4.78 is 5.97. The second-order valence-electron chi connectivity index (χ2n) is 5.49. The number of hydrogen-bond donors (Lipinski definition) is 1. The molecule has 0 saturated heterocycles. The van der Waals surface area contributed by atoms with E-state index in [-0.39, 0.29) is 16.8 Å². The van der Waals surface area contributed by atoms with Crippen molar-refractivity contribution in [1.82, 2.24) is 0 Å². The maximum atomic E-state index is 12.5. The molecule has 1 N–H and O–H groups in total. The van der Waals surface area contributed by atoms with Gasteiger partial charge in [-0.3, -0.25) is 4.79 Å². The number of carboxylic acid groups (broad SMARTS) is 1. The molecule has 0 saturated carbocycles. The van der Waals surface area contributed by atoms with Gasteiger partial charge in [-0.15, -0.1) is 0 Å². The topological polar surface area (TPSA) is 67.5 Å². The fourth-order valence-electron chi connectivity index (χ4n) is 2.90. The molecular weight excluding hydrogens is 304 g/mol. The SMILES string of the molecule is O=C(O)c1ccccc1-c1cc(=O)c2ccc3ccccc3c2o1. The Hall–Kier alpha value is -3.40. The van der Waals surface area contributed by atoms with Crippen molar-refractivity contribution in [2.24, 2.45) is 0 Å². The highest BCUT2D eigenvalue weighted by Gasteiger charge is 2.15. The van der Waals surface area contributed by atoms with Gasteiger partial charge in [0, 0.05) is 17.0 Å². The molecule has 0 aliphatic carbocycles. The van der Waals surface area contributed by atoms with Crippen LogP contribution in [0.1, 0.15) is 10.4 Å². The first kappa shape index (κ1) is 14.2. The number of fused-ring (bicyclic) bond motifs is 3. The molecule has 0 aliphatic rings. The summed E-state index contributed by atoms with van der Waals surface area (Å²) in [6.07, 6.45) is 0. The molecule has 0 amide bonds. The van der Waals surface area contributed by atoms with Gasteiger partial charge in [0.2, 0.25) is 0 Å². The molecule has 0 spiro atoms. The Morgan fingerprint density at radius 3 is 2.46 bits per heavy atom. The Bertz CT molecular complexity index is 1160. The third kappa shape index (κ3) is 2.16. The number of carbonyl (C=O) groups is 1. The van der Waals surface area contributed by atoms with Crippen LogP contribution in [0.25, 0.3) is 33.1 Å². The summed E-state index contributed by atoms with van der Waals surface area (Å²) in [5.41, 5.74) is 0.755. The lowest BCUT2D eigenvalue weighted by atomic mass is 10.0. The van der Waals surface area contributed by atoms with Gasteiger partial charge in [0.1, 0.15) is 11.3 Å². The van der Waals surface area contributed by atoms with Crippen LogP contribution in [0.15, 0.2) is 75.9 Å². The van der Waals surface area contributed by atoms with Gasteiger partial charge < -0.3 is 9.52 Å². The average Bonchev–Trinajstić information content (AvgIpc) is 2.61. The van der Waals surface area contributed by atoms with E-state index in [1.165, 1.54) is 12.1 Å². The van der Waals surface area contributed by atoms with Crippen LogP contribution >= 0.6 is 0 Å². The summed E-state index contributed by atoms with van der Waals surface area (Å²) in [5, 5.41) is 11.6. The van der Waals surface area contributed by atoms with Crippen LogP contribution in [0.2, 0.25) is 0 Å². The lowest BCUT2D eigenvalue weighted by molar-refractivity contribution is 0.0697. The van der Waals surface area contributed by atoms with Crippen molar-refractivity contribution in [1.29, 1.82) is 0 Å². The zero-order valence-electron chi connectivity index (χ0n) is 12.5. The Kier molecular flexibility index (Phi) is 3.17. The van der Waals surface area contributed by atoms with Crippen molar-refractivity contribution < 1.29 is 14.3 Å². The van der Waals surface area contributed by atoms with Crippen LogP contribution in [0.4, 0.5) is 0 Å². The molecule has 116 valence electrons. The molecule has 4 heteroatoms. The molecule has 0 radical (unpaired) electrons. The monoisotopic (exact) mass is 316 g/mol. The molecule has 24 heavy (non-hydrogen) atoms. The lowest BCUT2D eigenvalue weighted by Gasteiger charge is -2.08. The molecule has 1 aromatic heterocycles. The minimum atomic E-state index is -1.06. The molecular formula is C20H12O4. The highest BCUT2D eigenvalue weighted by Crippen LogP contribution is 2.29. The van der Waals surface area contributed by atoms with Crippen LogP contribution in [-0.4, -0.2) is 11.1 Å². The van der Waals surface area contributed by atoms with Gasteiger partial charge in [-0.05, 0) is 17.5 Å². The van der Waals surface area contributed by atoms with Crippen molar-refractivity contribution >= 4 is 27.7 Å². The molecule has 4 aromatic rings. The summed E-state index contributed by atoms with van der Waals surface area (Å²) in [6, 6.07) is 19.0. The first-order valence-corrected chi connectivity index (χ1v) is 7.43. The number of rotatable bonds is 2. The molecule has 4 rings (SSSR count). The zero-order valence-corrected chi connectivity index (χ0v) is 12.5. The van der Waals surface area contributed by atoms with E-state index in [0.29, 0.717) is 16.5 Å². The van der Waals surface area contributed by atoms with Gasteiger partial charge in [-0.25, -0.2) is 4.79 Å². The highest BCUT2D eigenvalue weighted by molar-refractivity contribution is 6.04. The van der Waals surface area contributed by atoms with E-state index in [9.17, 15) is 14.7 Å². The minimum absolute atomic E-state index is 0.0974. The van der Waals surface area contributed by atoms with Gasteiger partial charge >= 0.3 is 5.97 Å². The van der Waals surface area contributed by atoms with E-state index in [2.05, 4.69) is 0 Å². The maximum Gasteiger partial charge on any atom is 0.336 e. The standard InChI is InChI=1S/C20H12O4/c21-17-11-18(14-7-3-4-8-15(14)20(22)23)24-19-13-6-2-1-5-12(13)9-10-16(17)19/h1-11H,(H,22,23). The third-order valence-corrected chi connectivity index (χ3v) is 4.04. The fraction of sp³-hybridized carbons (Fsp3) is 0. The van der Waals surface area contributed by atoms with Crippen LogP contribution in [-0.2, 0) is 0 Å². The normalized spacial score (nSPS) is 11.0. The van der Waals surface area contributed by atoms with Crippen molar-refractivity contribution in [3.8, 4) is 11.3 Å². The largest absolute Gasteiger partial charge is 0.478 e. The molecule has 0 atom stereocenters. The molecule has 0 aliphatic heterocycles. The average molecular weight is 316 g/mol. The molecule has 0 bridgehead atoms.